The Hall–Kier alpha value is -4.40. The maximum atomic E-state index is 13.7. The molecule has 6 rings (SSSR count). The molecule has 0 N–H and O–H groups in total. The lowest BCUT2D eigenvalue weighted by Gasteiger charge is -2.40. The van der Waals surface area contributed by atoms with E-state index >= 15 is 0 Å². The summed E-state index contributed by atoms with van der Waals surface area (Å²) in [5.41, 5.74) is 3.94. The van der Waals surface area contributed by atoms with Crippen molar-refractivity contribution in [3.05, 3.63) is 129 Å². The summed E-state index contributed by atoms with van der Waals surface area (Å²) < 4.78 is 38.4. The first-order chi connectivity index (χ1) is 20.4. The Morgan fingerprint density at radius 3 is 1.83 bits per heavy atom. The molecular formula is C34H30F2N2O4. The van der Waals surface area contributed by atoms with E-state index in [0.717, 1.165) is 42.9 Å². The molecule has 0 saturated carbocycles. The van der Waals surface area contributed by atoms with Gasteiger partial charge in [-0.05, 0) is 59.2 Å². The Labute approximate surface area is 243 Å². The van der Waals surface area contributed by atoms with Gasteiger partial charge >= 0.3 is 0 Å². The Kier molecular flexibility index (Phi) is 7.58. The zero-order valence-electron chi connectivity index (χ0n) is 23.4. The van der Waals surface area contributed by atoms with Crippen molar-refractivity contribution in [3.8, 4) is 11.5 Å². The van der Waals surface area contributed by atoms with E-state index in [2.05, 4.69) is 9.80 Å². The highest BCUT2D eigenvalue weighted by Gasteiger charge is 2.35. The minimum absolute atomic E-state index is 0.141. The fourth-order valence-electron chi connectivity index (χ4n) is 6.07. The number of ketones is 2. The van der Waals surface area contributed by atoms with Crippen LogP contribution in [0.25, 0.3) is 0 Å². The van der Waals surface area contributed by atoms with Crippen molar-refractivity contribution in [2.24, 2.45) is 0 Å². The second-order valence-corrected chi connectivity index (χ2v) is 10.6. The van der Waals surface area contributed by atoms with E-state index in [1.54, 1.807) is 48.5 Å². The van der Waals surface area contributed by atoms with Crippen molar-refractivity contribution in [1.29, 1.82) is 0 Å². The largest absolute Gasteiger partial charge is 0.496 e. The molecule has 4 aromatic rings. The third-order valence-corrected chi connectivity index (χ3v) is 8.12. The van der Waals surface area contributed by atoms with Crippen LogP contribution in [0.2, 0.25) is 0 Å². The molecule has 8 heteroatoms. The minimum atomic E-state index is -0.301. The molecule has 214 valence electrons. The maximum absolute atomic E-state index is 13.7. The number of piperazine rings is 1. The molecule has 1 aliphatic carbocycles. The lowest BCUT2D eigenvalue weighted by Crippen LogP contribution is -2.47. The fraction of sp³-hybridized carbons (Fsp3) is 0.235. The second-order valence-electron chi connectivity index (χ2n) is 10.6. The van der Waals surface area contributed by atoms with Crippen molar-refractivity contribution in [2.45, 2.75) is 12.6 Å². The number of halogens is 2. The summed E-state index contributed by atoms with van der Waals surface area (Å²) >= 11 is 0. The van der Waals surface area contributed by atoms with Crippen LogP contribution in [0.3, 0.4) is 0 Å². The molecule has 0 bridgehead atoms. The van der Waals surface area contributed by atoms with E-state index < -0.39 is 0 Å². The van der Waals surface area contributed by atoms with Crippen molar-refractivity contribution in [3.63, 3.8) is 0 Å². The Morgan fingerprint density at radius 1 is 0.690 bits per heavy atom. The molecular weight excluding hydrogens is 538 g/mol. The third-order valence-electron chi connectivity index (χ3n) is 8.12. The van der Waals surface area contributed by atoms with Gasteiger partial charge in [0.25, 0.3) is 0 Å². The zero-order chi connectivity index (χ0) is 29.4. The smallest absolute Gasteiger partial charge is 0.201 e. The van der Waals surface area contributed by atoms with Gasteiger partial charge in [-0.1, -0.05) is 36.4 Å². The highest BCUT2D eigenvalue weighted by molar-refractivity contribution is 6.30. The summed E-state index contributed by atoms with van der Waals surface area (Å²) in [5.74, 6) is -0.398. The fourth-order valence-corrected chi connectivity index (χ4v) is 6.07. The molecule has 1 saturated heterocycles. The van der Waals surface area contributed by atoms with Gasteiger partial charge in [0.1, 0.15) is 23.1 Å². The first-order valence-corrected chi connectivity index (χ1v) is 13.8. The SMILES string of the molecule is COc1cccc2c1C(=O)c1c(OC)cc(CN3CCN(C(c4ccc(F)cc4)c4ccc(F)cc4)CC3)cc1C2=O. The number of benzene rings is 4. The normalized spacial score (nSPS) is 15.5. The van der Waals surface area contributed by atoms with Gasteiger partial charge in [-0.15, -0.1) is 0 Å². The molecule has 0 atom stereocenters. The molecule has 42 heavy (non-hydrogen) atoms. The van der Waals surface area contributed by atoms with E-state index in [1.807, 2.05) is 6.07 Å². The molecule has 0 unspecified atom stereocenters. The summed E-state index contributed by atoms with van der Waals surface area (Å²) in [6, 6.07) is 21.4. The number of hydrogen-bond acceptors (Lipinski definition) is 6. The van der Waals surface area contributed by atoms with Crippen LogP contribution in [0.5, 0.6) is 11.5 Å². The van der Waals surface area contributed by atoms with E-state index in [9.17, 15) is 18.4 Å². The van der Waals surface area contributed by atoms with Crippen LogP contribution in [0.4, 0.5) is 8.78 Å². The molecule has 0 radical (unpaired) electrons. The summed E-state index contributed by atoms with van der Waals surface area (Å²) in [5, 5.41) is 0. The zero-order valence-corrected chi connectivity index (χ0v) is 23.4. The van der Waals surface area contributed by atoms with E-state index in [0.29, 0.717) is 29.2 Å². The quantitative estimate of drug-likeness (QED) is 0.252. The molecule has 1 heterocycles. The topological polar surface area (TPSA) is 59.1 Å². The van der Waals surface area contributed by atoms with Gasteiger partial charge < -0.3 is 9.47 Å². The highest BCUT2D eigenvalue weighted by atomic mass is 19.1. The summed E-state index contributed by atoms with van der Waals surface area (Å²) in [7, 11) is 2.98. The molecule has 6 nitrogen and oxygen atoms in total. The molecule has 1 aliphatic heterocycles. The Balaban J connectivity index is 1.23. The van der Waals surface area contributed by atoms with Crippen molar-refractivity contribution < 1.29 is 27.8 Å². The van der Waals surface area contributed by atoms with Gasteiger partial charge in [0.15, 0.2) is 5.78 Å². The van der Waals surface area contributed by atoms with E-state index in [1.165, 1.54) is 38.5 Å². The third kappa shape index (κ3) is 5.08. The predicted octanol–water partition coefficient (Wildman–Crippen LogP) is 5.66. The number of fused-ring (bicyclic) bond motifs is 2. The van der Waals surface area contributed by atoms with Gasteiger partial charge in [-0.3, -0.25) is 19.4 Å². The van der Waals surface area contributed by atoms with E-state index in [-0.39, 0.29) is 40.4 Å². The number of nitrogens with zero attached hydrogens (tertiary/aromatic N) is 2. The molecule has 0 aromatic heterocycles. The maximum Gasteiger partial charge on any atom is 0.201 e. The van der Waals surface area contributed by atoms with Crippen molar-refractivity contribution >= 4 is 11.6 Å². The van der Waals surface area contributed by atoms with Crippen LogP contribution in [-0.4, -0.2) is 61.8 Å². The van der Waals surface area contributed by atoms with E-state index in [4.69, 9.17) is 9.47 Å². The van der Waals surface area contributed by atoms with Crippen molar-refractivity contribution in [1.82, 2.24) is 9.80 Å². The first-order valence-electron chi connectivity index (χ1n) is 13.8. The van der Waals surface area contributed by atoms with Gasteiger partial charge in [0, 0.05) is 43.9 Å². The van der Waals surface area contributed by atoms with Gasteiger partial charge in [0.2, 0.25) is 5.78 Å². The van der Waals surface area contributed by atoms with Crippen LogP contribution < -0.4 is 9.47 Å². The second kappa shape index (κ2) is 11.5. The van der Waals surface area contributed by atoms with Crippen LogP contribution >= 0.6 is 0 Å². The van der Waals surface area contributed by atoms with Crippen LogP contribution in [-0.2, 0) is 6.54 Å². The van der Waals surface area contributed by atoms with Crippen LogP contribution in [0.15, 0.2) is 78.9 Å². The lowest BCUT2D eigenvalue weighted by atomic mass is 9.82. The standard InChI is InChI=1S/C34H30F2N2O4/c1-41-28-5-3-4-26-30(28)34(40)31-27(33(26)39)18-21(19-29(31)42-2)20-37-14-16-38(17-15-37)32(22-6-10-24(35)11-7-22)23-8-12-25(36)13-9-23/h3-13,18-19,32H,14-17,20H2,1-2H3. The molecule has 0 spiro atoms. The Morgan fingerprint density at radius 2 is 1.26 bits per heavy atom. The summed E-state index contributed by atoms with van der Waals surface area (Å²) in [4.78, 5) is 31.7. The van der Waals surface area contributed by atoms with Crippen molar-refractivity contribution in [2.75, 3.05) is 40.4 Å². The Bertz CT molecular complexity index is 1600. The number of hydrogen-bond donors (Lipinski definition) is 0. The minimum Gasteiger partial charge on any atom is -0.496 e. The molecule has 4 aromatic carbocycles. The van der Waals surface area contributed by atoms with Gasteiger partial charge in [-0.25, -0.2) is 8.78 Å². The number of rotatable bonds is 7. The highest BCUT2D eigenvalue weighted by Crippen LogP contribution is 2.38. The average Bonchev–Trinajstić information content (AvgIpc) is 3.01. The average molecular weight is 569 g/mol. The number of ether oxygens (including phenoxy) is 2. The predicted molar refractivity (Wildman–Crippen MR) is 154 cm³/mol. The summed E-state index contributed by atoms with van der Waals surface area (Å²) in [6.07, 6.45) is 0. The summed E-state index contributed by atoms with van der Waals surface area (Å²) in [6.45, 7) is 3.51. The number of carbonyl (C=O) groups is 2. The lowest BCUT2D eigenvalue weighted by molar-refractivity contribution is 0.0972. The molecule has 1 fully saturated rings. The number of methoxy groups -OCH3 is 2. The number of carbonyl (C=O) groups excluding carboxylic acids is 2. The molecule has 0 amide bonds. The monoisotopic (exact) mass is 568 g/mol. The first kappa shape index (κ1) is 27.8. The van der Waals surface area contributed by atoms with Crippen LogP contribution in [0.1, 0.15) is 54.6 Å². The van der Waals surface area contributed by atoms with Crippen LogP contribution in [0, 0.1) is 11.6 Å². The van der Waals surface area contributed by atoms with Gasteiger partial charge in [0.05, 0.1) is 31.4 Å². The van der Waals surface area contributed by atoms with Gasteiger partial charge in [-0.2, -0.15) is 0 Å². The molecule has 2 aliphatic rings.